The Morgan fingerprint density at radius 1 is 1.13 bits per heavy atom. The van der Waals surface area contributed by atoms with E-state index in [1.807, 2.05) is 30.3 Å². The van der Waals surface area contributed by atoms with Gasteiger partial charge in [0, 0.05) is 18.1 Å². The molecule has 5 nitrogen and oxygen atoms in total. The predicted molar refractivity (Wildman–Crippen MR) is 92.1 cm³/mol. The van der Waals surface area contributed by atoms with Crippen LogP contribution < -0.4 is 9.46 Å². The molecular formula is C16H18BrNO4S. The third-order valence-electron chi connectivity index (χ3n) is 3.33. The van der Waals surface area contributed by atoms with Gasteiger partial charge in [-0.05, 0) is 23.8 Å². The minimum absolute atomic E-state index is 0.0808. The topological polar surface area (TPSA) is 64.6 Å². The first-order valence-electron chi connectivity index (χ1n) is 6.89. The summed E-state index contributed by atoms with van der Waals surface area (Å²) in [5, 5.41) is 0. The van der Waals surface area contributed by atoms with Crippen LogP contribution in [-0.2, 0) is 14.8 Å². The van der Waals surface area contributed by atoms with Gasteiger partial charge in [-0.1, -0.05) is 46.3 Å². The monoisotopic (exact) mass is 399 g/mol. The summed E-state index contributed by atoms with van der Waals surface area (Å²) < 4.78 is 38.8. The number of benzene rings is 2. The summed E-state index contributed by atoms with van der Waals surface area (Å²) >= 11 is 3.28. The van der Waals surface area contributed by atoms with Crippen molar-refractivity contribution in [2.24, 2.45) is 0 Å². The van der Waals surface area contributed by atoms with Crippen molar-refractivity contribution < 1.29 is 17.9 Å². The number of hydrogen-bond acceptors (Lipinski definition) is 4. The lowest BCUT2D eigenvalue weighted by molar-refractivity contribution is 0.107. The molecule has 2 aromatic rings. The largest absolute Gasteiger partial charge is 0.495 e. The Labute approximate surface area is 144 Å². The predicted octanol–water partition coefficient (Wildman–Crippen LogP) is 3.12. The Bertz CT molecular complexity index is 750. The average Bonchev–Trinajstić information content (AvgIpc) is 2.56. The molecule has 1 atom stereocenters. The Kier molecular flexibility index (Phi) is 6.17. The summed E-state index contributed by atoms with van der Waals surface area (Å²) in [6, 6.07) is 14.3. The molecule has 2 rings (SSSR count). The fraction of sp³-hybridized carbons (Fsp3) is 0.250. The van der Waals surface area contributed by atoms with E-state index in [1.165, 1.54) is 13.2 Å². The van der Waals surface area contributed by atoms with Crippen LogP contribution in [0.1, 0.15) is 11.7 Å². The molecule has 2 aromatic carbocycles. The number of rotatable bonds is 7. The second-order valence-electron chi connectivity index (χ2n) is 4.78. The molecule has 124 valence electrons. The molecule has 0 fully saturated rings. The summed E-state index contributed by atoms with van der Waals surface area (Å²) in [5.74, 6) is 0.286. The summed E-state index contributed by atoms with van der Waals surface area (Å²) in [6.45, 7) is 0.124. The van der Waals surface area contributed by atoms with E-state index < -0.39 is 10.0 Å². The fourth-order valence-electron chi connectivity index (χ4n) is 2.13. The van der Waals surface area contributed by atoms with E-state index in [2.05, 4.69) is 20.7 Å². The van der Waals surface area contributed by atoms with Gasteiger partial charge in [-0.15, -0.1) is 0 Å². The SMILES string of the molecule is COc1ccc(Br)cc1S(=O)(=O)NCC(OC)c1ccccc1. The summed E-state index contributed by atoms with van der Waals surface area (Å²) in [4.78, 5) is 0.0808. The highest BCUT2D eigenvalue weighted by atomic mass is 79.9. The molecule has 0 aliphatic rings. The van der Waals surface area contributed by atoms with E-state index in [0.29, 0.717) is 4.47 Å². The van der Waals surface area contributed by atoms with E-state index in [0.717, 1.165) is 5.56 Å². The second-order valence-corrected chi connectivity index (χ2v) is 7.43. The van der Waals surface area contributed by atoms with Gasteiger partial charge in [-0.2, -0.15) is 0 Å². The molecule has 0 radical (unpaired) electrons. The quantitative estimate of drug-likeness (QED) is 0.776. The lowest BCUT2D eigenvalue weighted by Crippen LogP contribution is -2.29. The normalized spacial score (nSPS) is 12.8. The van der Waals surface area contributed by atoms with Crippen LogP contribution >= 0.6 is 15.9 Å². The molecule has 0 heterocycles. The van der Waals surface area contributed by atoms with E-state index in [9.17, 15) is 8.42 Å². The lowest BCUT2D eigenvalue weighted by Gasteiger charge is -2.17. The number of halogens is 1. The molecule has 0 amide bonds. The Balaban J connectivity index is 2.20. The average molecular weight is 400 g/mol. The second kappa shape index (κ2) is 7.92. The molecule has 0 saturated carbocycles. The molecule has 0 bridgehead atoms. The van der Waals surface area contributed by atoms with Crippen molar-refractivity contribution in [1.29, 1.82) is 0 Å². The number of nitrogens with one attached hydrogen (secondary N) is 1. The number of methoxy groups -OCH3 is 2. The zero-order chi connectivity index (χ0) is 16.9. The number of sulfonamides is 1. The third-order valence-corrected chi connectivity index (χ3v) is 5.27. The van der Waals surface area contributed by atoms with E-state index in [-0.39, 0.29) is 23.3 Å². The lowest BCUT2D eigenvalue weighted by atomic mass is 10.1. The standard InChI is InChI=1S/C16H18BrNO4S/c1-21-14-9-8-13(17)10-16(14)23(19,20)18-11-15(22-2)12-6-4-3-5-7-12/h3-10,15,18H,11H2,1-2H3. The number of hydrogen-bond donors (Lipinski definition) is 1. The first-order valence-corrected chi connectivity index (χ1v) is 9.16. The highest BCUT2D eigenvalue weighted by Crippen LogP contribution is 2.27. The van der Waals surface area contributed by atoms with Crippen LogP contribution in [0.2, 0.25) is 0 Å². The minimum atomic E-state index is -3.72. The van der Waals surface area contributed by atoms with E-state index >= 15 is 0 Å². The van der Waals surface area contributed by atoms with E-state index in [1.54, 1.807) is 19.2 Å². The van der Waals surface area contributed by atoms with Gasteiger partial charge in [0.25, 0.3) is 0 Å². The maximum Gasteiger partial charge on any atom is 0.244 e. The molecule has 0 spiro atoms. The van der Waals surface area contributed by atoms with E-state index in [4.69, 9.17) is 9.47 Å². The van der Waals surface area contributed by atoms with Crippen LogP contribution in [0.25, 0.3) is 0 Å². The van der Waals surface area contributed by atoms with Crippen molar-refractivity contribution in [3.05, 3.63) is 58.6 Å². The maximum atomic E-state index is 12.5. The van der Waals surface area contributed by atoms with Crippen LogP contribution in [0.4, 0.5) is 0 Å². The summed E-state index contributed by atoms with van der Waals surface area (Å²) in [7, 11) is -0.742. The van der Waals surface area contributed by atoms with Crippen molar-refractivity contribution in [2.75, 3.05) is 20.8 Å². The van der Waals surface area contributed by atoms with Crippen LogP contribution in [0.15, 0.2) is 57.9 Å². The highest BCUT2D eigenvalue weighted by Gasteiger charge is 2.22. The van der Waals surface area contributed by atoms with Crippen molar-refractivity contribution in [3.63, 3.8) is 0 Å². The molecule has 0 aliphatic carbocycles. The van der Waals surface area contributed by atoms with Gasteiger partial charge < -0.3 is 9.47 Å². The van der Waals surface area contributed by atoms with Crippen molar-refractivity contribution in [1.82, 2.24) is 4.72 Å². The minimum Gasteiger partial charge on any atom is -0.495 e. The molecule has 1 N–H and O–H groups in total. The molecule has 23 heavy (non-hydrogen) atoms. The Morgan fingerprint density at radius 2 is 1.83 bits per heavy atom. The van der Waals surface area contributed by atoms with Gasteiger partial charge in [0.15, 0.2) is 0 Å². The first kappa shape index (κ1) is 17.9. The zero-order valence-corrected chi connectivity index (χ0v) is 15.2. The smallest absolute Gasteiger partial charge is 0.244 e. The van der Waals surface area contributed by atoms with Gasteiger partial charge in [0.2, 0.25) is 10.0 Å². The van der Waals surface area contributed by atoms with Gasteiger partial charge >= 0.3 is 0 Å². The molecular weight excluding hydrogens is 382 g/mol. The Hall–Kier alpha value is -1.41. The van der Waals surface area contributed by atoms with Crippen LogP contribution in [0.5, 0.6) is 5.75 Å². The molecule has 7 heteroatoms. The Morgan fingerprint density at radius 3 is 2.43 bits per heavy atom. The highest BCUT2D eigenvalue weighted by molar-refractivity contribution is 9.10. The van der Waals surface area contributed by atoms with Crippen LogP contribution in [0, 0.1) is 0 Å². The van der Waals surface area contributed by atoms with Gasteiger partial charge in [0.05, 0.1) is 13.2 Å². The maximum absolute atomic E-state index is 12.5. The fourth-order valence-corrected chi connectivity index (χ4v) is 3.87. The summed E-state index contributed by atoms with van der Waals surface area (Å²) in [6.07, 6.45) is -0.371. The van der Waals surface area contributed by atoms with Crippen molar-refractivity contribution in [2.45, 2.75) is 11.0 Å². The van der Waals surface area contributed by atoms with Crippen LogP contribution in [0.3, 0.4) is 0 Å². The first-order chi connectivity index (χ1) is 11.0. The van der Waals surface area contributed by atoms with Gasteiger partial charge in [0.1, 0.15) is 10.6 Å². The van der Waals surface area contributed by atoms with Gasteiger partial charge in [-0.25, -0.2) is 13.1 Å². The summed E-state index contributed by atoms with van der Waals surface area (Å²) in [5.41, 5.74) is 0.902. The number of ether oxygens (including phenoxy) is 2. The van der Waals surface area contributed by atoms with Crippen molar-refractivity contribution >= 4 is 26.0 Å². The van der Waals surface area contributed by atoms with Gasteiger partial charge in [-0.3, -0.25) is 0 Å². The molecule has 1 unspecified atom stereocenters. The molecule has 0 aliphatic heterocycles. The van der Waals surface area contributed by atoms with Crippen molar-refractivity contribution in [3.8, 4) is 5.75 Å². The van der Waals surface area contributed by atoms with Crippen LogP contribution in [-0.4, -0.2) is 29.2 Å². The molecule has 0 aromatic heterocycles. The third kappa shape index (κ3) is 4.54. The zero-order valence-electron chi connectivity index (χ0n) is 12.8. The molecule has 0 saturated heterocycles.